The molecular formula is C13H15FN4O2. The van der Waals surface area contributed by atoms with Gasteiger partial charge in [-0.05, 0) is 31.0 Å². The molecule has 0 bridgehead atoms. The van der Waals surface area contributed by atoms with E-state index in [1.54, 1.807) is 6.07 Å². The Morgan fingerprint density at radius 2 is 2.40 bits per heavy atom. The molecule has 6 nitrogen and oxygen atoms in total. The molecular weight excluding hydrogens is 263 g/mol. The van der Waals surface area contributed by atoms with Crippen molar-refractivity contribution in [1.82, 2.24) is 10.2 Å². The molecule has 1 amide bonds. The highest BCUT2D eigenvalue weighted by Gasteiger charge is 2.30. The van der Waals surface area contributed by atoms with Gasteiger partial charge in [0.15, 0.2) is 5.82 Å². The Morgan fingerprint density at radius 3 is 3.15 bits per heavy atom. The van der Waals surface area contributed by atoms with Crippen LogP contribution in [0.4, 0.5) is 10.2 Å². The van der Waals surface area contributed by atoms with E-state index >= 15 is 0 Å². The van der Waals surface area contributed by atoms with E-state index in [4.69, 9.17) is 10.5 Å². The van der Waals surface area contributed by atoms with Crippen molar-refractivity contribution in [2.24, 2.45) is 5.73 Å². The van der Waals surface area contributed by atoms with Crippen molar-refractivity contribution in [3.05, 3.63) is 24.0 Å². The topological polar surface area (TPSA) is 93.0 Å². The molecule has 0 saturated carbocycles. The summed E-state index contributed by atoms with van der Waals surface area (Å²) in [4.78, 5) is 12.1. The minimum Gasteiger partial charge on any atom is -0.364 e. The summed E-state index contributed by atoms with van der Waals surface area (Å²) in [6.45, 7) is 0.403. The number of rotatable bonds is 3. The minimum atomic E-state index is -0.524. The Hall–Kier alpha value is -1.99. The fourth-order valence-electron chi connectivity index (χ4n) is 2.35. The fourth-order valence-corrected chi connectivity index (χ4v) is 2.35. The van der Waals surface area contributed by atoms with Crippen molar-refractivity contribution in [3.63, 3.8) is 0 Å². The number of halogens is 1. The molecule has 1 saturated heterocycles. The molecule has 0 radical (unpaired) electrons. The van der Waals surface area contributed by atoms with Crippen molar-refractivity contribution < 1.29 is 13.9 Å². The smallest absolute Gasteiger partial charge is 0.254 e. The van der Waals surface area contributed by atoms with E-state index in [1.165, 1.54) is 12.1 Å². The third-order valence-electron chi connectivity index (χ3n) is 3.43. The van der Waals surface area contributed by atoms with Gasteiger partial charge >= 0.3 is 0 Å². The van der Waals surface area contributed by atoms with Gasteiger partial charge in [-0.2, -0.15) is 5.10 Å². The molecule has 2 atom stereocenters. The molecule has 4 N–H and O–H groups in total. The molecule has 1 aliphatic rings. The third kappa shape index (κ3) is 2.37. The maximum absolute atomic E-state index is 13.2. The standard InChI is InChI=1S/C13H15FN4O2/c14-7-1-3-10-9(5-7)12(18-17-10)16-13(19)11-4-2-8(6-15)20-11/h1,3,5,8,11H,2,4,6,15H2,(H2,16,17,18,19)/t8-,11+/m1/s1. The summed E-state index contributed by atoms with van der Waals surface area (Å²) < 4.78 is 18.7. The van der Waals surface area contributed by atoms with Crippen LogP contribution in [0.15, 0.2) is 18.2 Å². The number of ether oxygens (including phenoxy) is 1. The molecule has 0 spiro atoms. The van der Waals surface area contributed by atoms with Gasteiger partial charge in [0.1, 0.15) is 11.9 Å². The van der Waals surface area contributed by atoms with Crippen molar-refractivity contribution in [2.45, 2.75) is 25.0 Å². The molecule has 1 aromatic carbocycles. The van der Waals surface area contributed by atoms with Crippen LogP contribution < -0.4 is 11.1 Å². The Kier molecular flexibility index (Phi) is 3.37. The van der Waals surface area contributed by atoms with E-state index in [0.29, 0.717) is 29.7 Å². The lowest BCUT2D eigenvalue weighted by Crippen LogP contribution is -2.30. The zero-order valence-electron chi connectivity index (χ0n) is 10.7. The van der Waals surface area contributed by atoms with Gasteiger partial charge in [-0.25, -0.2) is 4.39 Å². The first kappa shape index (κ1) is 13.0. The number of H-pyrrole nitrogens is 1. The first-order valence-corrected chi connectivity index (χ1v) is 6.47. The lowest BCUT2D eigenvalue weighted by Gasteiger charge is -2.11. The zero-order chi connectivity index (χ0) is 14.1. The predicted molar refractivity (Wildman–Crippen MR) is 71.6 cm³/mol. The molecule has 0 aliphatic carbocycles. The van der Waals surface area contributed by atoms with Crippen molar-refractivity contribution in [1.29, 1.82) is 0 Å². The Morgan fingerprint density at radius 1 is 1.55 bits per heavy atom. The number of aromatic amines is 1. The number of nitrogens with one attached hydrogen (secondary N) is 2. The summed E-state index contributed by atoms with van der Waals surface area (Å²) >= 11 is 0. The van der Waals surface area contributed by atoms with Gasteiger partial charge in [-0.1, -0.05) is 0 Å². The largest absolute Gasteiger partial charge is 0.364 e. The molecule has 106 valence electrons. The summed E-state index contributed by atoms with van der Waals surface area (Å²) in [6, 6.07) is 4.23. The van der Waals surface area contributed by atoms with E-state index in [2.05, 4.69) is 15.5 Å². The van der Waals surface area contributed by atoms with Crippen LogP contribution in [0.2, 0.25) is 0 Å². The van der Waals surface area contributed by atoms with Gasteiger partial charge < -0.3 is 15.8 Å². The first-order valence-electron chi connectivity index (χ1n) is 6.47. The number of carbonyl (C=O) groups excluding carboxylic acids is 1. The molecule has 0 unspecified atom stereocenters. The van der Waals surface area contributed by atoms with Gasteiger partial charge in [0.2, 0.25) is 0 Å². The average molecular weight is 278 g/mol. The highest BCUT2D eigenvalue weighted by Crippen LogP contribution is 2.24. The van der Waals surface area contributed by atoms with Crippen LogP contribution in [0.1, 0.15) is 12.8 Å². The third-order valence-corrected chi connectivity index (χ3v) is 3.43. The predicted octanol–water partition coefficient (Wildman–Crippen LogP) is 1.15. The van der Waals surface area contributed by atoms with Crippen LogP contribution in [0.5, 0.6) is 0 Å². The minimum absolute atomic E-state index is 0.0703. The number of aromatic nitrogens is 2. The van der Waals surface area contributed by atoms with Crippen LogP contribution >= 0.6 is 0 Å². The van der Waals surface area contributed by atoms with Gasteiger partial charge in [-0.15, -0.1) is 0 Å². The fraction of sp³-hybridized carbons (Fsp3) is 0.385. The number of nitrogens with zero attached hydrogens (tertiary/aromatic N) is 1. The molecule has 1 aromatic heterocycles. The number of carbonyl (C=O) groups is 1. The second-order valence-corrected chi connectivity index (χ2v) is 4.81. The zero-order valence-corrected chi connectivity index (χ0v) is 10.7. The van der Waals surface area contributed by atoms with E-state index in [0.717, 1.165) is 6.42 Å². The van der Waals surface area contributed by atoms with E-state index in [1.807, 2.05) is 0 Å². The number of benzene rings is 1. The van der Waals surface area contributed by atoms with Crippen molar-refractivity contribution in [3.8, 4) is 0 Å². The molecule has 3 rings (SSSR count). The second kappa shape index (κ2) is 5.18. The summed E-state index contributed by atoms with van der Waals surface area (Å²) in [6.07, 6.45) is 0.803. The maximum atomic E-state index is 13.2. The van der Waals surface area contributed by atoms with E-state index < -0.39 is 6.10 Å². The Balaban J connectivity index is 1.76. The average Bonchev–Trinajstić information content (AvgIpc) is 3.06. The van der Waals surface area contributed by atoms with E-state index in [9.17, 15) is 9.18 Å². The summed E-state index contributed by atoms with van der Waals surface area (Å²) in [5.74, 6) is -0.349. The van der Waals surface area contributed by atoms with Crippen molar-refractivity contribution in [2.75, 3.05) is 11.9 Å². The molecule has 1 fully saturated rings. The van der Waals surface area contributed by atoms with Gasteiger partial charge in [0, 0.05) is 11.9 Å². The highest BCUT2D eigenvalue weighted by molar-refractivity contribution is 6.01. The number of fused-ring (bicyclic) bond motifs is 1. The number of nitrogens with two attached hydrogens (primary N) is 1. The van der Waals surface area contributed by atoms with Gasteiger partial charge in [0.25, 0.3) is 5.91 Å². The lowest BCUT2D eigenvalue weighted by molar-refractivity contribution is -0.126. The van der Waals surface area contributed by atoms with Gasteiger partial charge in [0.05, 0.1) is 11.6 Å². The Bertz CT molecular complexity index is 642. The molecule has 20 heavy (non-hydrogen) atoms. The molecule has 2 heterocycles. The normalized spacial score (nSPS) is 22.3. The maximum Gasteiger partial charge on any atom is 0.254 e. The van der Waals surface area contributed by atoms with Crippen LogP contribution in [0.25, 0.3) is 10.9 Å². The quantitative estimate of drug-likeness (QED) is 0.785. The number of anilines is 1. The number of hydrogen-bond donors (Lipinski definition) is 3. The summed E-state index contributed by atoms with van der Waals surface area (Å²) in [5, 5.41) is 9.92. The number of hydrogen-bond acceptors (Lipinski definition) is 4. The molecule has 7 heteroatoms. The van der Waals surface area contributed by atoms with Crippen LogP contribution in [0.3, 0.4) is 0 Å². The summed E-state index contributed by atoms with van der Waals surface area (Å²) in [7, 11) is 0. The van der Waals surface area contributed by atoms with Crippen LogP contribution in [-0.4, -0.2) is 34.9 Å². The van der Waals surface area contributed by atoms with Crippen molar-refractivity contribution >= 4 is 22.6 Å². The highest BCUT2D eigenvalue weighted by atomic mass is 19.1. The van der Waals surface area contributed by atoms with Gasteiger partial charge in [-0.3, -0.25) is 9.89 Å². The molecule has 1 aliphatic heterocycles. The van der Waals surface area contributed by atoms with E-state index in [-0.39, 0.29) is 17.8 Å². The van der Waals surface area contributed by atoms with Crippen LogP contribution in [0, 0.1) is 5.82 Å². The Labute approximate surface area is 114 Å². The lowest BCUT2D eigenvalue weighted by atomic mass is 10.2. The summed E-state index contributed by atoms with van der Waals surface area (Å²) in [5.41, 5.74) is 6.17. The number of amides is 1. The first-order chi connectivity index (χ1) is 9.67. The van der Waals surface area contributed by atoms with Crippen LogP contribution in [-0.2, 0) is 9.53 Å². The molecule has 2 aromatic rings. The SMILES string of the molecule is NC[C@H]1CC[C@@H](C(=O)Nc2n[nH]c3ccc(F)cc23)O1. The second-order valence-electron chi connectivity index (χ2n) is 4.81. The monoisotopic (exact) mass is 278 g/mol.